The second-order valence-corrected chi connectivity index (χ2v) is 14.2. The largest absolute Gasteiger partial charge is 0.497 e. The fourth-order valence-electron chi connectivity index (χ4n) is 6.53. The average Bonchev–Trinajstić information content (AvgIpc) is 3.16. The molecule has 0 radical (unpaired) electrons. The highest BCUT2D eigenvalue weighted by Gasteiger charge is 2.51. The van der Waals surface area contributed by atoms with E-state index in [1.807, 2.05) is 31.2 Å². The van der Waals surface area contributed by atoms with Crippen molar-refractivity contribution >= 4 is 5.91 Å². The Kier molecular flexibility index (Phi) is 21.4. The second kappa shape index (κ2) is 25.0. The summed E-state index contributed by atoms with van der Waals surface area (Å²) >= 11 is 0. The third-order valence-electron chi connectivity index (χ3n) is 9.90. The summed E-state index contributed by atoms with van der Waals surface area (Å²) in [6, 6.07) is 7.90. The molecule has 2 aliphatic rings. The Morgan fingerprint density at radius 1 is 0.755 bits per heavy atom. The first-order valence-electron chi connectivity index (χ1n) is 19.4. The summed E-state index contributed by atoms with van der Waals surface area (Å²) in [6.45, 7) is 1.25. The lowest BCUT2D eigenvalue weighted by Gasteiger charge is -2.46. The Bertz CT molecular complexity index is 1150. The van der Waals surface area contributed by atoms with Crippen LogP contribution in [-0.4, -0.2) is 136 Å². The van der Waals surface area contributed by atoms with Gasteiger partial charge >= 0.3 is 0 Å². The molecule has 1 unspecified atom stereocenters. The topological polar surface area (TPSA) is 217 Å². The predicted molar refractivity (Wildman–Crippen MR) is 196 cm³/mol. The van der Waals surface area contributed by atoms with Crippen LogP contribution in [0.4, 0.5) is 0 Å². The number of rotatable bonds is 25. The standard InChI is InChI=1S/C39H65NO13/c1-26(50-39-37(35(47)33(45)30(25-42)52-39)53-38-36(48)34(46)32(44)29(24-41)51-38)16-14-12-10-8-6-4-3-5-7-9-11-13-15-17-31(43)40-23-22-27-18-20-28(49-2)21-19-27/h3-4,18-21,26,29-30,32-39,41-42,44-48H,5-17,22-25H2,1-2H3,(H,40,43)/b4-3-/t26?,29-,30-,32-,33-,34+,35+,36-,37-,38+,39-/m1/s1. The summed E-state index contributed by atoms with van der Waals surface area (Å²) in [5.41, 5.74) is 1.17. The van der Waals surface area contributed by atoms with Gasteiger partial charge in [0.15, 0.2) is 12.6 Å². The fourth-order valence-corrected chi connectivity index (χ4v) is 6.53. The molecule has 11 atom stereocenters. The summed E-state index contributed by atoms with van der Waals surface area (Å²) in [4.78, 5) is 12.1. The number of unbranched alkanes of at least 4 members (excludes halogenated alkanes) is 9. The Morgan fingerprint density at radius 3 is 1.94 bits per heavy atom. The molecule has 14 nitrogen and oxygen atoms in total. The molecule has 8 N–H and O–H groups in total. The molecule has 2 heterocycles. The summed E-state index contributed by atoms with van der Waals surface area (Å²) < 4.78 is 28.0. The number of methoxy groups -OCH3 is 1. The van der Waals surface area contributed by atoms with Crippen molar-refractivity contribution in [2.45, 2.75) is 164 Å². The van der Waals surface area contributed by atoms with Crippen LogP contribution >= 0.6 is 0 Å². The van der Waals surface area contributed by atoms with E-state index in [1.54, 1.807) is 7.11 Å². The molecule has 2 saturated heterocycles. The fraction of sp³-hybridized carbons (Fsp3) is 0.769. The van der Waals surface area contributed by atoms with Crippen LogP contribution in [0.25, 0.3) is 0 Å². The van der Waals surface area contributed by atoms with Gasteiger partial charge in [-0.3, -0.25) is 4.79 Å². The summed E-state index contributed by atoms with van der Waals surface area (Å²) in [5, 5.41) is 74.0. The molecule has 0 saturated carbocycles. The van der Waals surface area contributed by atoms with Crippen molar-refractivity contribution in [3.63, 3.8) is 0 Å². The van der Waals surface area contributed by atoms with E-state index in [2.05, 4.69) is 17.5 Å². The van der Waals surface area contributed by atoms with Crippen molar-refractivity contribution in [2.75, 3.05) is 26.9 Å². The third kappa shape index (κ3) is 15.5. The molecule has 53 heavy (non-hydrogen) atoms. The van der Waals surface area contributed by atoms with Gasteiger partial charge in [0.25, 0.3) is 0 Å². The van der Waals surface area contributed by atoms with Crippen LogP contribution < -0.4 is 10.1 Å². The van der Waals surface area contributed by atoms with Gasteiger partial charge in [-0.2, -0.15) is 0 Å². The SMILES string of the molecule is COc1ccc(CCNC(=O)CCCCCCC/C=C\CCCCCCC(C)O[C@@H]2O[C@H](CO)[C@@H](O)[C@H](O)[C@H]2O[C@@H]2O[C@H](CO)[C@@H](O)[C@H](O)[C@H]2O)cc1. The van der Waals surface area contributed by atoms with Gasteiger partial charge in [0.1, 0.15) is 54.6 Å². The molecule has 0 aromatic heterocycles. The first kappa shape index (κ1) is 45.2. The number of aliphatic hydroxyl groups excluding tert-OH is 7. The lowest BCUT2D eigenvalue weighted by atomic mass is 9.97. The summed E-state index contributed by atoms with van der Waals surface area (Å²) in [7, 11) is 1.65. The highest BCUT2D eigenvalue weighted by molar-refractivity contribution is 5.75. The van der Waals surface area contributed by atoms with Crippen LogP contribution in [0.5, 0.6) is 5.75 Å². The van der Waals surface area contributed by atoms with Crippen LogP contribution in [-0.2, 0) is 30.2 Å². The Hall–Kier alpha value is -2.21. The normalized spacial score (nSPS) is 29.7. The minimum atomic E-state index is -1.72. The number of ether oxygens (including phenoxy) is 5. The number of allylic oxidation sites excluding steroid dienone is 2. The van der Waals surface area contributed by atoms with E-state index in [1.165, 1.54) is 5.56 Å². The molecular formula is C39H65NO13. The van der Waals surface area contributed by atoms with Crippen molar-refractivity contribution in [2.24, 2.45) is 0 Å². The van der Waals surface area contributed by atoms with Gasteiger partial charge in [-0.05, 0) is 69.6 Å². The van der Waals surface area contributed by atoms with E-state index in [0.29, 0.717) is 19.4 Å². The quantitative estimate of drug-likeness (QED) is 0.0530. The maximum atomic E-state index is 12.1. The minimum Gasteiger partial charge on any atom is -0.497 e. The third-order valence-corrected chi connectivity index (χ3v) is 9.90. The van der Waals surface area contributed by atoms with Crippen molar-refractivity contribution in [1.29, 1.82) is 0 Å². The molecule has 304 valence electrons. The van der Waals surface area contributed by atoms with E-state index in [4.69, 9.17) is 23.7 Å². The number of nitrogens with one attached hydrogen (secondary N) is 1. The van der Waals surface area contributed by atoms with Gasteiger partial charge in [0, 0.05) is 13.0 Å². The van der Waals surface area contributed by atoms with Gasteiger partial charge in [-0.1, -0.05) is 62.8 Å². The highest BCUT2D eigenvalue weighted by Crippen LogP contribution is 2.30. The molecule has 3 rings (SSSR count). The number of hydrogen-bond acceptors (Lipinski definition) is 13. The zero-order chi connectivity index (χ0) is 38.6. The van der Waals surface area contributed by atoms with Crippen molar-refractivity contribution in [3.8, 4) is 5.75 Å². The van der Waals surface area contributed by atoms with E-state index in [-0.39, 0.29) is 12.0 Å². The molecule has 0 aliphatic carbocycles. The van der Waals surface area contributed by atoms with Crippen LogP contribution in [0.2, 0.25) is 0 Å². The number of carbonyl (C=O) groups is 1. The predicted octanol–water partition coefficient (Wildman–Crippen LogP) is 2.01. The summed E-state index contributed by atoms with van der Waals surface area (Å²) in [5.74, 6) is 0.950. The van der Waals surface area contributed by atoms with Crippen molar-refractivity contribution in [3.05, 3.63) is 42.0 Å². The Labute approximate surface area is 314 Å². The van der Waals surface area contributed by atoms with Crippen LogP contribution in [0, 0.1) is 0 Å². The van der Waals surface area contributed by atoms with Gasteiger partial charge in [0.2, 0.25) is 5.91 Å². The molecule has 0 bridgehead atoms. The number of amides is 1. The van der Waals surface area contributed by atoms with E-state index in [9.17, 15) is 40.5 Å². The van der Waals surface area contributed by atoms with Crippen LogP contribution in [0.3, 0.4) is 0 Å². The number of carbonyl (C=O) groups excluding carboxylic acids is 1. The zero-order valence-corrected chi connectivity index (χ0v) is 31.4. The minimum absolute atomic E-state index is 0.119. The van der Waals surface area contributed by atoms with Crippen molar-refractivity contribution in [1.82, 2.24) is 5.32 Å². The van der Waals surface area contributed by atoms with Gasteiger partial charge < -0.3 is 64.7 Å². The van der Waals surface area contributed by atoms with Gasteiger partial charge in [0.05, 0.1) is 26.4 Å². The molecule has 2 aliphatic heterocycles. The first-order chi connectivity index (χ1) is 25.6. The second-order valence-electron chi connectivity index (χ2n) is 14.2. The first-order valence-corrected chi connectivity index (χ1v) is 19.4. The number of benzene rings is 1. The molecule has 14 heteroatoms. The van der Waals surface area contributed by atoms with Gasteiger partial charge in [-0.15, -0.1) is 0 Å². The number of hydrogen-bond donors (Lipinski definition) is 8. The molecule has 0 spiro atoms. The van der Waals surface area contributed by atoms with E-state index >= 15 is 0 Å². The van der Waals surface area contributed by atoms with E-state index < -0.39 is 74.6 Å². The smallest absolute Gasteiger partial charge is 0.220 e. The summed E-state index contributed by atoms with van der Waals surface area (Å²) in [6.07, 6.45) is 3.12. The lowest BCUT2D eigenvalue weighted by molar-refractivity contribution is -0.371. The lowest BCUT2D eigenvalue weighted by Crippen LogP contribution is -2.64. The van der Waals surface area contributed by atoms with Crippen molar-refractivity contribution < 1.29 is 64.2 Å². The molecule has 2 fully saturated rings. The van der Waals surface area contributed by atoms with Crippen LogP contribution in [0.15, 0.2) is 36.4 Å². The number of aliphatic hydroxyl groups is 7. The highest BCUT2D eigenvalue weighted by atomic mass is 16.8. The Balaban J connectivity index is 1.21. The van der Waals surface area contributed by atoms with Crippen LogP contribution in [0.1, 0.15) is 96.0 Å². The molecule has 1 aromatic carbocycles. The monoisotopic (exact) mass is 755 g/mol. The maximum absolute atomic E-state index is 12.1. The average molecular weight is 756 g/mol. The van der Waals surface area contributed by atoms with E-state index in [0.717, 1.165) is 82.8 Å². The zero-order valence-electron chi connectivity index (χ0n) is 31.4. The maximum Gasteiger partial charge on any atom is 0.220 e. The molecular weight excluding hydrogens is 690 g/mol. The molecule has 1 aromatic rings. The Morgan fingerprint density at radius 2 is 1.32 bits per heavy atom. The van der Waals surface area contributed by atoms with Gasteiger partial charge in [-0.25, -0.2) is 0 Å². The molecule has 1 amide bonds.